The molecule has 19 heavy (non-hydrogen) atoms. The molecule has 0 spiro atoms. The molecule has 0 bridgehead atoms. The molecular formula is C14H19ClN2O2. The molecule has 1 aromatic rings. The van der Waals surface area contributed by atoms with Crippen molar-refractivity contribution >= 4 is 23.2 Å². The summed E-state index contributed by atoms with van der Waals surface area (Å²) in [6, 6.07) is 5.27. The predicted molar refractivity (Wildman–Crippen MR) is 76.4 cm³/mol. The minimum absolute atomic E-state index is 0.106. The number of hydrogen-bond acceptors (Lipinski definition) is 3. The van der Waals surface area contributed by atoms with Crippen molar-refractivity contribution in [3.05, 3.63) is 23.2 Å². The maximum atomic E-state index is 12.0. The molecule has 4 nitrogen and oxygen atoms in total. The molecule has 0 aliphatic heterocycles. The quantitative estimate of drug-likeness (QED) is 0.835. The van der Waals surface area contributed by atoms with E-state index in [2.05, 4.69) is 5.32 Å². The van der Waals surface area contributed by atoms with Crippen LogP contribution in [-0.2, 0) is 4.79 Å². The van der Waals surface area contributed by atoms with Gasteiger partial charge in [0.15, 0.2) is 6.10 Å². The molecule has 1 unspecified atom stereocenters. The van der Waals surface area contributed by atoms with E-state index >= 15 is 0 Å². The van der Waals surface area contributed by atoms with E-state index in [-0.39, 0.29) is 11.9 Å². The summed E-state index contributed by atoms with van der Waals surface area (Å²) in [7, 11) is 0. The van der Waals surface area contributed by atoms with Gasteiger partial charge in [-0.25, -0.2) is 0 Å². The summed E-state index contributed by atoms with van der Waals surface area (Å²) in [6.45, 7) is 1.71. The number of halogens is 1. The third kappa shape index (κ3) is 3.77. The first kappa shape index (κ1) is 14.0. The van der Waals surface area contributed by atoms with Crippen molar-refractivity contribution in [1.29, 1.82) is 0 Å². The van der Waals surface area contributed by atoms with Crippen molar-refractivity contribution < 1.29 is 9.53 Å². The smallest absolute Gasteiger partial charge is 0.260 e. The Labute approximate surface area is 118 Å². The largest absolute Gasteiger partial charge is 0.479 e. The van der Waals surface area contributed by atoms with E-state index in [0.29, 0.717) is 16.5 Å². The lowest BCUT2D eigenvalue weighted by Gasteiger charge is -2.18. The summed E-state index contributed by atoms with van der Waals surface area (Å²) < 4.78 is 5.57. The molecule has 0 saturated heterocycles. The highest BCUT2D eigenvalue weighted by Gasteiger charge is 2.22. The van der Waals surface area contributed by atoms with Crippen LogP contribution in [0.3, 0.4) is 0 Å². The standard InChI is InChI=1S/C14H19ClN2O2/c1-9(14(18)17-11-4-2-3-5-11)19-13-8-10(16)6-7-12(13)15/h6-9,11H,2-5,16H2,1H3,(H,17,18). The maximum Gasteiger partial charge on any atom is 0.260 e. The zero-order valence-corrected chi connectivity index (χ0v) is 11.7. The molecule has 104 valence electrons. The number of hydrogen-bond donors (Lipinski definition) is 2. The van der Waals surface area contributed by atoms with Crippen molar-refractivity contribution in [1.82, 2.24) is 5.32 Å². The second kappa shape index (κ2) is 6.15. The van der Waals surface area contributed by atoms with Gasteiger partial charge in [-0.3, -0.25) is 4.79 Å². The second-order valence-corrected chi connectivity index (χ2v) is 5.35. The molecule has 0 radical (unpaired) electrons. The monoisotopic (exact) mass is 282 g/mol. The van der Waals surface area contributed by atoms with E-state index in [1.165, 1.54) is 12.8 Å². The third-order valence-electron chi connectivity index (χ3n) is 3.33. The molecule has 3 N–H and O–H groups in total. The van der Waals surface area contributed by atoms with Gasteiger partial charge in [0, 0.05) is 17.8 Å². The number of carbonyl (C=O) groups excluding carboxylic acids is 1. The molecular weight excluding hydrogens is 264 g/mol. The summed E-state index contributed by atoms with van der Waals surface area (Å²) in [6.07, 6.45) is 3.89. The number of nitrogens with two attached hydrogens (primary N) is 1. The minimum atomic E-state index is -0.583. The van der Waals surface area contributed by atoms with E-state index in [1.807, 2.05) is 0 Å². The predicted octanol–water partition coefficient (Wildman–Crippen LogP) is 2.75. The fraction of sp³-hybridized carbons (Fsp3) is 0.500. The number of amides is 1. The van der Waals surface area contributed by atoms with Gasteiger partial charge >= 0.3 is 0 Å². The molecule has 0 heterocycles. The fourth-order valence-electron chi connectivity index (χ4n) is 2.24. The van der Waals surface area contributed by atoms with Gasteiger partial charge in [0.2, 0.25) is 0 Å². The second-order valence-electron chi connectivity index (χ2n) is 4.94. The van der Waals surface area contributed by atoms with Crippen LogP contribution in [0.25, 0.3) is 0 Å². The van der Waals surface area contributed by atoms with Crippen molar-refractivity contribution in [3.8, 4) is 5.75 Å². The van der Waals surface area contributed by atoms with E-state index in [0.717, 1.165) is 12.8 Å². The van der Waals surface area contributed by atoms with E-state index < -0.39 is 6.10 Å². The lowest BCUT2D eigenvalue weighted by Crippen LogP contribution is -2.41. The molecule has 1 amide bonds. The van der Waals surface area contributed by atoms with Crippen LogP contribution in [-0.4, -0.2) is 18.1 Å². The molecule has 1 aliphatic rings. The number of nitrogens with one attached hydrogen (secondary N) is 1. The Kier molecular flexibility index (Phi) is 4.53. The van der Waals surface area contributed by atoms with Gasteiger partial charge < -0.3 is 15.8 Å². The number of anilines is 1. The Morgan fingerprint density at radius 3 is 2.84 bits per heavy atom. The van der Waals surface area contributed by atoms with Crippen LogP contribution < -0.4 is 15.8 Å². The van der Waals surface area contributed by atoms with Crippen molar-refractivity contribution in [3.63, 3.8) is 0 Å². The molecule has 2 rings (SSSR count). The average Bonchev–Trinajstić information content (AvgIpc) is 2.86. The number of nitrogen functional groups attached to an aromatic ring is 1. The zero-order valence-electron chi connectivity index (χ0n) is 11.0. The van der Waals surface area contributed by atoms with Crippen LogP contribution in [0.5, 0.6) is 5.75 Å². The van der Waals surface area contributed by atoms with Gasteiger partial charge in [0.05, 0.1) is 5.02 Å². The third-order valence-corrected chi connectivity index (χ3v) is 3.64. The van der Waals surface area contributed by atoms with Gasteiger partial charge in [0.1, 0.15) is 5.75 Å². The van der Waals surface area contributed by atoms with Gasteiger partial charge in [-0.1, -0.05) is 24.4 Å². The Hall–Kier alpha value is -1.42. The summed E-state index contributed by atoms with van der Waals surface area (Å²) in [5.74, 6) is 0.334. The Bertz CT molecular complexity index is 459. The first-order valence-corrected chi connectivity index (χ1v) is 6.96. The van der Waals surface area contributed by atoms with Crippen LogP contribution in [0.2, 0.25) is 5.02 Å². The number of ether oxygens (including phenoxy) is 1. The first-order chi connectivity index (χ1) is 9.06. The van der Waals surface area contributed by atoms with E-state index in [9.17, 15) is 4.79 Å². The van der Waals surface area contributed by atoms with Crippen LogP contribution >= 0.6 is 11.6 Å². The lowest BCUT2D eigenvalue weighted by molar-refractivity contribution is -0.127. The highest BCUT2D eigenvalue weighted by Crippen LogP contribution is 2.27. The van der Waals surface area contributed by atoms with Gasteiger partial charge in [0.25, 0.3) is 5.91 Å². The molecule has 1 saturated carbocycles. The Balaban J connectivity index is 1.93. The number of benzene rings is 1. The molecule has 1 atom stereocenters. The van der Waals surface area contributed by atoms with Gasteiger partial charge in [-0.05, 0) is 31.9 Å². The lowest BCUT2D eigenvalue weighted by atomic mass is 10.2. The molecule has 1 aromatic carbocycles. The van der Waals surface area contributed by atoms with Crippen molar-refractivity contribution in [2.75, 3.05) is 5.73 Å². The summed E-state index contributed by atoms with van der Waals surface area (Å²) in [5, 5.41) is 3.45. The van der Waals surface area contributed by atoms with Crippen molar-refractivity contribution in [2.24, 2.45) is 0 Å². The average molecular weight is 283 g/mol. The van der Waals surface area contributed by atoms with Gasteiger partial charge in [-0.2, -0.15) is 0 Å². The zero-order chi connectivity index (χ0) is 13.8. The Morgan fingerprint density at radius 1 is 1.47 bits per heavy atom. The van der Waals surface area contributed by atoms with E-state index in [1.54, 1.807) is 25.1 Å². The van der Waals surface area contributed by atoms with E-state index in [4.69, 9.17) is 22.1 Å². The van der Waals surface area contributed by atoms with Crippen LogP contribution in [0.1, 0.15) is 32.6 Å². The highest BCUT2D eigenvalue weighted by molar-refractivity contribution is 6.32. The topological polar surface area (TPSA) is 64.3 Å². The highest BCUT2D eigenvalue weighted by atomic mass is 35.5. The Morgan fingerprint density at radius 2 is 2.16 bits per heavy atom. The minimum Gasteiger partial charge on any atom is -0.479 e. The summed E-state index contributed by atoms with van der Waals surface area (Å²) in [5.41, 5.74) is 6.23. The maximum absolute atomic E-state index is 12.0. The fourth-order valence-corrected chi connectivity index (χ4v) is 2.41. The molecule has 0 aromatic heterocycles. The van der Waals surface area contributed by atoms with Crippen molar-refractivity contribution in [2.45, 2.75) is 44.8 Å². The number of carbonyl (C=O) groups is 1. The number of rotatable bonds is 4. The summed E-state index contributed by atoms with van der Waals surface area (Å²) in [4.78, 5) is 12.0. The SMILES string of the molecule is CC(Oc1cc(N)ccc1Cl)C(=O)NC1CCCC1. The van der Waals surface area contributed by atoms with Gasteiger partial charge in [-0.15, -0.1) is 0 Å². The first-order valence-electron chi connectivity index (χ1n) is 6.58. The normalized spacial score (nSPS) is 17.2. The molecule has 5 heteroatoms. The molecule has 1 aliphatic carbocycles. The molecule has 1 fully saturated rings. The van der Waals surface area contributed by atoms with Crippen LogP contribution in [0.4, 0.5) is 5.69 Å². The van der Waals surface area contributed by atoms with Crippen LogP contribution in [0.15, 0.2) is 18.2 Å². The van der Waals surface area contributed by atoms with Crippen LogP contribution in [0, 0.1) is 0 Å². The summed E-state index contributed by atoms with van der Waals surface area (Å²) >= 11 is 6.00.